The molecule has 2 rings (SSSR count). The number of rotatable bonds is 4. The fraction of sp³-hybridized carbons (Fsp3) is 0.545. The second-order valence-corrected chi connectivity index (χ2v) is 7.64. The van der Waals surface area contributed by atoms with E-state index in [1.54, 1.807) is 0 Å². The first kappa shape index (κ1) is 14.6. The van der Waals surface area contributed by atoms with E-state index in [1.807, 2.05) is 0 Å². The molecule has 19 heavy (non-hydrogen) atoms. The third-order valence-electron chi connectivity index (χ3n) is 2.95. The number of esters is 1. The van der Waals surface area contributed by atoms with E-state index >= 15 is 0 Å². The average Bonchev–Trinajstić information content (AvgIpc) is 2.75. The maximum Gasteiger partial charge on any atom is 0.341 e. The van der Waals surface area contributed by atoms with Crippen LogP contribution in [0.25, 0.3) is 0 Å². The SMILES string of the molecule is COC(=O)c1c(NS(=O)(=O)CCl)sc2c1CCCC2. The Morgan fingerprint density at radius 3 is 2.74 bits per heavy atom. The summed E-state index contributed by atoms with van der Waals surface area (Å²) in [6.07, 6.45) is 3.69. The highest BCUT2D eigenvalue weighted by atomic mass is 35.5. The molecule has 1 aliphatic carbocycles. The summed E-state index contributed by atoms with van der Waals surface area (Å²) in [5.41, 5.74) is 1.26. The van der Waals surface area contributed by atoms with Gasteiger partial charge in [-0.05, 0) is 31.2 Å². The number of nitrogens with one attached hydrogen (secondary N) is 1. The molecule has 0 amide bonds. The summed E-state index contributed by atoms with van der Waals surface area (Å²) in [6.45, 7) is 0. The molecule has 1 aromatic rings. The van der Waals surface area contributed by atoms with Crippen molar-refractivity contribution in [1.82, 2.24) is 0 Å². The molecule has 0 saturated carbocycles. The third-order valence-corrected chi connectivity index (χ3v) is 5.95. The number of thiophene rings is 1. The van der Waals surface area contributed by atoms with Crippen LogP contribution in [0.15, 0.2) is 0 Å². The molecule has 0 fully saturated rings. The lowest BCUT2D eigenvalue weighted by Gasteiger charge is -2.11. The van der Waals surface area contributed by atoms with Crippen LogP contribution in [0.1, 0.15) is 33.6 Å². The number of carbonyl (C=O) groups excluding carboxylic acids is 1. The lowest BCUT2D eigenvalue weighted by molar-refractivity contribution is 0.0601. The van der Waals surface area contributed by atoms with Gasteiger partial charge in [-0.1, -0.05) is 0 Å². The monoisotopic (exact) mass is 323 g/mol. The van der Waals surface area contributed by atoms with E-state index in [2.05, 4.69) is 4.72 Å². The minimum absolute atomic E-state index is 0.319. The van der Waals surface area contributed by atoms with Crippen LogP contribution in [-0.2, 0) is 27.6 Å². The molecule has 0 aromatic carbocycles. The average molecular weight is 324 g/mol. The summed E-state index contributed by atoms with van der Waals surface area (Å²) >= 11 is 6.67. The molecule has 0 unspecified atom stereocenters. The molecule has 5 nitrogen and oxygen atoms in total. The van der Waals surface area contributed by atoms with Crippen LogP contribution in [0.5, 0.6) is 0 Å². The minimum atomic E-state index is -3.62. The Balaban J connectivity index is 2.48. The van der Waals surface area contributed by atoms with Crippen LogP contribution in [0, 0.1) is 0 Å². The van der Waals surface area contributed by atoms with Crippen molar-refractivity contribution in [2.24, 2.45) is 0 Å². The van der Waals surface area contributed by atoms with Gasteiger partial charge >= 0.3 is 5.97 Å². The van der Waals surface area contributed by atoms with E-state index in [-0.39, 0.29) is 0 Å². The number of aryl methyl sites for hydroxylation is 1. The first-order chi connectivity index (χ1) is 8.98. The molecule has 106 valence electrons. The number of hydrogen-bond acceptors (Lipinski definition) is 5. The van der Waals surface area contributed by atoms with E-state index in [9.17, 15) is 13.2 Å². The topological polar surface area (TPSA) is 72.5 Å². The highest BCUT2D eigenvalue weighted by molar-refractivity contribution is 7.94. The van der Waals surface area contributed by atoms with Crippen LogP contribution < -0.4 is 4.72 Å². The van der Waals surface area contributed by atoms with Crippen LogP contribution in [0.4, 0.5) is 5.00 Å². The Bertz CT molecular complexity index is 594. The summed E-state index contributed by atoms with van der Waals surface area (Å²) in [5, 5.41) is -0.227. The van der Waals surface area contributed by atoms with Crippen LogP contribution in [0.2, 0.25) is 0 Å². The highest BCUT2D eigenvalue weighted by Gasteiger charge is 2.27. The second kappa shape index (κ2) is 5.68. The molecular formula is C11H14ClNO4S2. The number of methoxy groups -OCH3 is 1. The molecule has 0 aliphatic heterocycles. The normalized spacial score (nSPS) is 14.8. The molecule has 0 atom stereocenters. The number of alkyl halides is 1. The summed E-state index contributed by atoms with van der Waals surface area (Å²) in [7, 11) is -2.33. The predicted octanol–water partition coefficient (Wildman–Crippen LogP) is 2.35. The number of hydrogen-bond donors (Lipinski definition) is 1. The van der Waals surface area contributed by atoms with E-state index in [4.69, 9.17) is 16.3 Å². The van der Waals surface area contributed by atoms with Crippen molar-refractivity contribution >= 4 is 43.9 Å². The Morgan fingerprint density at radius 1 is 1.42 bits per heavy atom. The molecule has 0 saturated heterocycles. The van der Waals surface area contributed by atoms with Crippen molar-refractivity contribution in [3.05, 3.63) is 16.0 Å². The number of carbonyl (C=O) groups is 1. The zero-order valence-electron chi connectivity index (χ0n) is 10.4. The smallest absolute Gasteiger partial charge is 0.341 e. The fourth-order valence-electron chi connectivity index (χ4n) is 2.12. The van der Waals surface area contributed by atoms with Crippen molar-refractivity contribution in [2.45, 2.75) is 25.7 Å². The lowest BCUT2D eigenvalue weighted by Crippen LogP contribution is -2.16. The standard InChI is InChI=1S/C11H14ClNO4S2/c1-17-11(14)9-7-4-2-3-5-8(7)18-10(9)13-19(15,16)6-12/h13H,2-6H2,1H3. The van der Waals surface area contributed by atoms with Gasteiger partial charge in [-0.2, -0.15) is 0 Å². The van der Waals surface area contributed by atoms with Crippen molar-refractivity contribution in [3.63, 3.8) is 0 Å². The molecular weight excluding hydrogens is 310 g/mol. The molecule has 1 heterocycles. The van der Waals surface area contributed by atoms with Gasteiger partial charge < -0.3 is 4.74 Å². The van der Waals surface area contributed by atoms with Gasteiger partial charge in [0.05, 0.1) is 12.7 Å². The van der Waals surface area contributed by atoms with Gasteiger partial charge in [0.15, 0.2) is 0 Å². The molecule has 0 radical (unpaired) electrons. The third kappa shape index (κ3) is 3.04. The maximum atomic E-state index is 11.9. The summed E-state index contributed by atoms with van der Waals surface area (Å²) in [4.78, 5) is 12.9. The molecule has 1 aromatic heterocycles. The van der Waals surface area contributed by atoms with Gasteiger partial charge in [-0.15, -0.1) is 22.9 Å². The van der Waals surface area contributed by atoms with Gasteiger partial charge in [0.2, 0.25) is 10.0 Å². The minimum Gasteiger partial charge on any atom is -0.465 e. The van der Waals surface area contributed by atoms with E-state index < -0.39 is 21.2 Å². The number of halogens is 1. The summed E-state index contributed by atoms with van der Waals surface area (Å²) < 4.78 is 30.2. The van der Waals surface area contributed by atoms with Gasteiger partial charge in [0, 0.05) is 4.88 Å². The summed E-state index contributed by atoms with van der Waals surface area (Å²) in [6, 6.07) is 0. The number of anilines is 1. The Morgan fingerprint density at radius 2 is 2.11 bits per heavy atom. The zero-order valence-corrected chi connectivity index (χ0v) is 12.8. The van der Waals surface area contributed by atoms with E-state index in [0.717, 1.165) is 36.1 Å². The Labute approximate surface area is 121 Å². The van der Waals surface area contributed by atoms with E-state index in [1.165, 1.54) is 18.4 Å². The van der Waals surface area contributed by atoms with Gasteiger partial charge in [-0.25, -0.2) is 13.2 Å². The lowest BCUT2D eigenvalue weighted by atomic mass is 9.95. The second-order valence-electron chi connectivity index (χ2n) is 4.23. The zero-order chi connectivity index (χ0) is 14.0. The van der Waals surface area contributed by atoms with E-state index in [0.29, 0.717) is 10.6 Å². The van der Waals surface area contributed by atoms with Crippen LogP contribution in [0.3, 0.4) is 0 Å². The quantitative estimate of drug-likeness (QED) is 0.682. The number of ether oxygens (including phenoxy) is 1. The molecule has 8 heteroatoms. The molecule has 0 spiro atoms. The first-order valence-corrected chi connectivity index (χ1v) is 8.78. The van der Waals surface area contributed by atoms with Crippen LogP contribution in [-0.4, -0.2) is 26.7 Å². The van der Waals surface area contributed by atoms with Gasteiger partial charge in [0.1, 0.15) is 10.2 Å². The summed E-state index contributed by atoms with van der Waals surface area (Å²) in [5.74, 6) is -0.508. The number of fused-ring (bicyclic) bond motifs is 1. The molecule has 1 N–H and O–H groups in total. The largest absolute Gasteiger partial charge is 0.465 e. The molecule has 0 bridgehead atoms. The van der Waals surface area contributed by atoms with Crippen molar-refractivity contribution in [1.29, 1.82) is 0 Å². The first-order valence-electron chi connectivity index (χ1n) is 5.78. The van der Waals surface area contributed by atoms with Crippen molar-refractivity contribution in [2.75, 3.05) is 17.0 Å². The Kier molecular flexibility index (Phi) is 4.37. The van der Waals surface area contributed by atoms with Gasteiger partial charge in [-0.3, -0.25) is 4.72 Å². The fourth-order valence-corrected chi connectivity index (χ4v) is 4.40. The Hall–Kier alpha value is -0.790. The van der Waals surface area contributed by atoms with Crippen molar-refractivity contribution in [3.8, 4) is 0 Å². The van der Waals surface area contributed by atoms with Crippen molar-refractivity contribution < 1.29 is 17.9 Å². The van der Waals surface area contributed by atoms with Crippen LogP contribution >= 0.6 is 22.9 Å². The van der Waals surface area contributed by atoms with Gasteiger partial charge in [0.25, 0.3) is 0 Å². The maximum absolute atomic E-state index is 11.9. The molecule has 1 aliphatic rings. The number of sulfonamides is 1. The predicted molar refractivity (Wildman–Crippen MR) is 75.6 cm³/mol. The highest BCUT2D eigenvalue weighted by Crippen LogP contribution is 2.39.